The van der Waals surface area contributed by atoms with E-state index in [4.69, 9.17) is 28.9 Å². The summed E-state index contributed by atoms with van der Waals surface area (Å²) in [5.41, 5.74) is 0.263. The molecule has 0 radical (unpaired) electrons. The number of hydrogen-bond donors (Lipinski definition) is 2. The number of halogens is 9. The van der Waals surface area contributed by atoms with Crippen molar-refractivity contribution >= 4 is 45.2 Å². The number of anilines is 1. The van der Waals surface area contributed by atoms with Gasteiger partial charge in [-0.05, 0) is 19.1 Å². The van der Waals surface area contributed by atoms with Gasteiger partial charge in [-0.25, -0.2) is 13.5 Å². The van der Waals surface area contributed by atoms with Crippen molar-refractivity contribution in [1.29, 1.82) is 5.26 Å². The second-order valence-corrected chi connectivity index (χ2v) is 10.2. The van der Waals surface area contributed by atoms with Gasteiger partial charge in [0.1, 0.15) is 27.9 Å². The standard InChI is InChI=1S/C16H14Cl2F7N5OS/c1-15(14(27)31,16(2,19)20)11-10(6-26)29-30(13(11)28-3)12-8(17)4-7(5-9(12)18)32(21,22,23,24)25/h4-5,28H,1-3H3,(H2,27,31). The number of carbonyl (C=O) groups is 1. The van der Waals surface area contributed by atoms with Gasteiger partial charge in [0.05, 0.1) is 15.6 Å². The van der Waals surface area contributed by atoms with Crippen LogP contribution in [-0.2, 0) is 10.2 Å². The molecule has 16 heteroatoms. The molecule has 2 rings (SSSR count). The average Bonchev–Trinajstić information content (AvgIpc) is 2.95. The first-order chi connectivity index (χ1) is 14.1. The van der Waals surface area contributed by atoms with E-state index in [1.165, 1.54) is 6.07 Å². The number of nitrogens with two attached hydrogens (primary N) is 1. The van der Waals surface area contributed by atoms with E-state index in [2.05, 4.69) is 10.4 Å². The van der Waals surface area contributed by atoms with Crippen molar-refractivity contribution in [2.45, 2.75) is 30.1 Å². The van der Waals surface area contributed by atoms with Crippen molar-refractivity contribution in [3.63, 3.8) is 0 Å². The predicted octanol–water partition coefficient (Wildman–Crippen LogP) is 6.15. The highest BCUT2D eigenvalue weighted by Gasteiger charge is 2.65. The molecule has 2 aromatic rings. The second kappa shape index (κ2) is 6.82. The lowest BCUT2D eigenvalue weighted by Crippen LogP contribution is -2.51. The molecule has 0 aliphatic rings. The van der Waals surface area contributed by atoms with Gasteiger partial charge in [0.15, 0.2) is 5.69 Å². The fraction of sp³-hybridized carbons (Fsp3) is 0.312. The molecule has 1 aromatic carbocycles. The summed E-state index contributed by atoms with van der Waals surface area (Å²) < 4.78 is 95.2. The Kier molecular flexibility index (Phi) is 5.51. The lowest BCUT2D eigenvalue weighted by molar-refractivity contribution is -0.137. The molecule has 1 aromatic heterocycles. The van der Waals surface area contributed by atoms with Crippen LogP contribution < -0.4 is 11.1 Å². The third-order valence-electron chi connectivity index (χ3n) is 4.75. The van der Waals surface area contributed by atoms with Gasteiger partial charge in [-0.3, -0.25) is 4.79 Å². The van der Waals surface area contributed by atoms with Gasteiger partial charge in [0.25, 0.3) is 5.92 Å². The number of hydrogen-bond acceptors (Lipinski definition) is 4. The number of alkyl halides is 2. The SMILES string of the molecule is CNc1c(C(C)(C(N)=O)C(C)(F)F)c(C#N)nn1-c1c(Cl)cc(S(F)(F)(F)(F)F)cc1Cl. The predicted molar refractivity (Wildman–Crippen MR) is 106 cm³/mol. The van der Waals surface area contributed by atoms with Crippen LogP contribution >= 0.6 is 33.4 Å². The summed E-state index contributed by atoms with van der Waals surface area (Å²) in [6.07, 6.45) is 0. The van der Waals surface area contributed by atoms with Crippen LogP contribution in [0.1, 0.15) is 25.1 Å². The van der Waals surface area contributed by atoms with E-state index in [1.807, 2.05) is 0 Å². The maximum atomic E-state index is 14.4. The highest BCUT2D eigenvalue weighted by molar-refractivity contribution is 8.45. The molecular formula is C16H14Cl2F7N5OS. The highest BCUT2D eigenvalue weighted by atomic mass is 35.5. The van der Waals surface area contributed by atoms with E-state index in [9.17, 15) is 38.3 Å². The summed E-state index contributed by atoms with van der Waals surface area (Å²) in [6.45, 7) is 1.10. The molecule has 0 spiro atoms. The van der Waals surface area contributed by atoms with Gasteiger partial charge in [-0.2, -0.15) is 10.4 Å². The Hall–Kier alpha value is -2.37. The van der Waals surface area contributed by atoms with Crippen molar-refractivity contribution in [2.75, 3.05) is 12.4 Å². The number of benzene rings is 1. The van der Waals surface area contributed by atoms with Crippen molar-refractivity contribution in [2.24, 2.45) is 5.73 Å². The van der Waals surface area contributed by atoms with Crippen molar-refractivity contribution in [3.05, 3.63) is 33.4 Å². The Balaban J connectivity index is 2.99. The summed E-state index contributed by atoms with van der Waals surface area (Å²) in [6, 6.07) is 1.26. The second-order valence-electron chi connectivity index (χ2n) is 6.93. The minimum absolute atomic E-state index is 0.112. The van der Waals surface area contributed by atoms with E-state index in [0.717, 1.165) is 14.0 Å². The number of nitrogens with one attached hydrogen (secondary N) is 1. The van der Waals surface area contributed by atoms with Crippen LogP contribution in [0.4, 0.5) is 34.0 Å². The number of aromatic nitrogens is 2. The minimum atomic E-state index is -10.2. The number of carbonyl (C=O) groups excluding carboxylic acids is 1. The first-order valence-electron chi connectivity index (χ1n) is 8.22. The van der Waals surface area contributed by atoms with E-state index in [-0.39, 0.29) is 12.1 Å². The van der Waals surface area contributed by atoms with Gasteiger partial charge in [-0.15, -0.1) is 0 Å². The van der Waals surface area contributed by atoms with E-state index in [0.29, 0.717) is 11.6 Å². The Labute approximate surface area is 186 Å². The quantitative estimate of drug-likeness (QED) is 0.440. The molecule has 32 heavy (non-hydrogen) atoms. The molecule has 0 saturated carbocycles. The Bertz CT molecular complexity index is 1150. The lowest BCUT2D eigenvalue weighted by atomic mass is 9.76. The summed E-state index contributed by atoms with van der Waals surface area (Å²) >= 11 is 11.6. The number of primary amides is 1. The molecular weight excluding hydrogens is 514 g/mol. The van der Waals surface area contributed by atoms with Crippen LogP contribution in [0.3, 0.4) is 0 Å². The summed E-state index contributed by atoms with van der Waals surface area (Å²) in [7, 11) is -9.02. The molecule has 0 bridgehead atoms. The molecule has 3 N–H and O–H groups in total. The zero-order valence-electron chi connectivity index (χ0n) is 16.3. The molecule has 0 aliphatic heterocycles. The molecule has 0 aliphatic carbocycles. The van der Waals surface area contributed by atoms with Crippen LogP contribution in [0, 0.1) is 11.3 Å². The maximum Gasteiger partial charge on any atom is 0.310 e. The molecule has 0 fully saturated rings. The third kappa shape index (κ3) is 4.16. The lowest BCUT2D eigenvalue weighted by Gasteiger charge is -2.40. The summed E-state index contributed by atoms with van der Waals surface area (Å²) in [5.74, 6) is -5.90. The van der Waals surface area contributed by atoms with Crippen molar-refractivity contribution in [1.82, 2.24) is 9.78 Å². The molecule has 178 valence electrons. The number of nitrogens with zero attached hydrogens (tertiary/aromatic N) is 3. The first kappa shape index (κ1) is 25.9. The topological polar surface area (TPSA) is 96.7 Å². The zero-order valence-corrected chi connectivity index (χ0v) is 18.6. The summed E-state index contributed by atoms with van der Waals surface area (Å²) in [5, 5.41) is 13.5. The average molecular weight is 528 g/mol. The zero-order chi connectivity index (χ0) is 25.1. The monoisotopic (exact) mass is 527 g/mol. The fourth-order valence-corrected chi connectivity index (χ4v) is 4.35. The van der Waals surface area contributed by atoms with Crippen molar-refractivity contribution < 1.29 is 33.0 Å². The Morgan fingerprint density at radius 1 is 1.19 bits per heavy atom. The fourth-order valence-electron chi connectivity index (χ4n) is 2.89. The van der Waals surface area contributed by atoms with Crippen LogP contribution in [0.5, 0.6) is 0 Å². The van der Waals surface area contributed by atoms with Gasteiger partial charge in [0.2, 0.25) is 5.91 Å². The molecule has 1 unspecified atom stereocenters. The van der Waals surface area contributed by atoms with E-state index < -0.39 is 65.2 Å². The summed E-state index contributed by atoms with van der Waals surface area (Å²) in [4.78, 5) is 9.62. The van der Waals surface area contributed by atoms with E-state index in [1.54, 1.807) is 0 Å². The van der Waals surface area contributed by atoms with Crippen LogP contribution in [0.15, 0.2) is 17.0 Å². The van der Waals surface area contributed by atoms with Gasteiger partial charge in [-0.1, -0.05) is 42.6 Å². The van der Waals surface area contributed by atoms with Crippen LogP contribution in [0.2, 0.25) is 10.0 Å². The van der Waals surface area contributed by atoms with E-state index >= 15 is 0 Å². The Morgan fingerprint density at radius 2 is 1.66 bits per heavy atom. The van der Waals surface area contributed by atoms with Crippen LogP contribution in [0.25, 0.3) is 5.69 Å². The van der Waals surface area contributed by atoms with Crippen LogP contribution in [-0.4, -0.2) is 28.7 Å². The molecule has 1 heterocycles. The molecule has 1 atom stereocenters. The first-order valence-corrected chi connectivity index (χ1v) is 10.9. The normalized spacial score (nSPS) is 16.5. The smallest absolute Gasteiger partial charge is 0.310 e. The Morgan fingerprint density at radius 3 is 1.97 bits per heavy atom. The molecule has 1 amide bonds. The molecule has 0 saturated heterocycles. The van der Waals surface area contributed by atoms with Gasteiger partial charge < -0.3 is 11.1 Å². The number of amides is 1. The minimum Gasteiger partial charge on any atom is -0.373 e. The maximum absolute atomic E-state index is 14.4. The van der Waals surface area contributed by atoms with Crippen molar-refractivity contribution in [3.8, 4) is 11.8 Å². The number of rotatable bonds is 6. The van der Waals surface area contributed by atoms with Gasteiger partial charge >= 0.3 is 10.2 Å². The largest absolute Gasteiger partial charge is 0.373 e. The third-order valence-corrected chi connectivity index (χ3v) is 6.45. The van der Waals surface area contributed by atoms with Gasteiger partial charge in [0, 0.05) is 14.0 Å². The molecule has 6 nitrogen and oxygen atoms in total. The highest BCUT2D eigenvalue weighted by Crippen LogP contribution is 3.02. The number of nitriles is 1.